The number of carbonyl (C=O) groups is 1. The SMILES string of the molecule is CCOC(=O)c1cnc(Oc2ccc(C(F)(C(F)(F)F)C(F)(F)F)cc2)c(F)c1. The molecule has 2 rings (SSSR count). The number of halogens is 8. The van der Waals surface area contributed by atoms with Gasteiger partial charge in [0.1, 0.15) is 5.75 Å². The highest BCUT2D eigenvalue weighted by molar-refractivity contribution is 5.89. The maximum atomic E-state index is 14.0. The minimum atomic E-state index is -6.26. The highest BCUT2D eigenvalue weighted by Gasteiger charge is 2.73. The number of carbonyl (C=O) groups excluding carboxylic acids is 1. The molecule has 0 saturated carbocycles. The Labute approximate surface area is 158 Å². The van der Waals surface area contributed by atoms with Gasteiger partial charge in [0.15, 0.2) is 5.82 Å². The Morgan fingerprint density at radius 3 is 2.00 bits per heavy atom. The number of esters is 1. The zero-order valence-electron chi connectivity index (χ0n) is 14.4. The first-order valence-corrected chi connectivity index (χ1v) is 7.74. The topological polar surface area (TPSA) is 48.4 Å². The Hall–Kier alpha value is -2.92. The van der Waals surface area contributed by atoms with Crippen molar-refractivity contribution in [2.75, 3.05) is 6.61 Å². The van der Waals surface area contributed by atoms with E-state index in [0.717, 1.165) is 6.20 Å². The van der Waals surface area contributed by atoms with Crippen molar-refractivity contribution in [3.05, 3.63) is 53.5 Å². The lowest BCUT2D eigenvalue weighted by atomic mass is 9.94. The molecule has 12 heteroatoms. The first-order chi connectivity index (χ1) is 13.3. The van der Waals surface area contributed by atoms with Crippen LogP contribution in [0.1, 0.15) is 22.8 Å². The molecule has 0 amide bonds. The van der Waals surface area contributed by atoms with Crippen LogP contribution < -0.4 is 4.74 Å². The number of hydrogen-bond donors (Lipinski definition) is 0. The maximum absolute atomic E-state index is 14.0. The minimum Gasteiger partial charge on any atom is -0.462 e. The van der Waals surface area contributed by atoms with Crippen LogP contribution in [0, 0.1) is 5.82 Å². The van der Waals surface area contributed by atoms with Crippen molar-refractivity contribution in [2.24, 2.45) is 0 Å². The van der Waals surface area contributed by atoms with Crippen LogP contribution in [0.15, 0.2) is 36.5 Å². The number of pyridine rings is 1. The monoisotopic (exact) mass is 429 g/mol. The van der Waals surface area contributed by atoms with Crippen LogP contribution in [0.25, 0.3) is 0 Å². The number of aromatic nitrogens is 1. The van der Waals surface area contributed by atoms with Crippen LogP contribution in [0.5, 0.6) is 11.6 Å². The van der Waals surface area contributed by atoms with Crippen molar-refractivity contribution < 1.29 is 49.4 Å². The van der Waals surface area contributed by atoms with E-state index in [9.17, 15) is 39.9 Å². The van der Waals surface area contributed by atoms with Gasteiger partial charge in [-0.15, -0.1) is 0 Å². The molecular weight excluding hydrogens is 418 g/mol. The van der Waals surface area contributed by atoms with Gasteiger partial charge in [-0.2, -0.15) is 26.3 Å². The molecule has 29 heavy (non-hydrogen) atoms. The Morgan fingerprint density at radius 1 is 1.00 bits per heavy atom. The standard InChI is InChI=1S/C17H11F8NO3/c1-2-28-14(27)9-7-12(18)13(26-8-9)29-11-5-3-10(4-6-11)15(19,16(20,21)22)17(23,24)25/h3-8H,2H2,1H3. The predicted molar refractivity (Wildman–Crippen MR) is 81.6 cm³/mol. The number of benzene rings is 1. The Balaban J connectivity index is 2.29. The molecule has 1 heterocycles. The predicted octanol–water partition coefficient (Wildman–Crippen LogP) is 5.48. The van der Waals surface area contributed by atoms with Gasteiger partial charge < -0.3 is 9.47 Å². The van der Waals surface area contributed by atoms with Crippen molar-refractivity contribution in [1.82, 2.24) is 4.98 Å². The summed E-state index contributed by atoms with van der Waals surface area (Å²) in [5, 5.41) is 0. The summed E-state index contributed by atoms with van der Waals surface area (Å²) in [5.41, 5.74) is -7.57. The minimum absolute atomic E-state index is 0.0248. The van der Waals surface area contributed by atoms with Gasteiger partial charge >= 0.3 is 24.0 Å². The van der Waals surface area contributed by atoms with Crippen molar-refractivity contribution in [1.29, 1.82) is 0 Å². The number of rotatable bonds is 5. The molecule has 0 N–H and O–H groups in total. The lowest BCUT2D eigenvalue weighted by molar-refractivity contribution is -0.348. The van der Waals surface area contributed by atoms with E-state index in [1.165, 1.54) is 6.92 Å². The second-order valence-electron chi connectivity index (χ2n) is 5.51. The van der Waals surface area contributed by atoms with Crippen LogP contribution in [0.2, 0.25) is 0 Å². The number of alkyl halides is 7. The van der Waals surface area contributed by atoms with Gasteiger partial charge in [-0.1, -0.05) is 12.1 Å². The zero-order chi connectivity index (χ0) is 22.0. The van der Waals surface area contributed by atoms with E-state index in [2.05, 4.69) is 9.72 Å². The van der Waals surface area contributed by atoms with Crippen LogP contribution in [-0.2, 0) is 10.4 Å². The quantitative estimate of drug-likeness (QED) is 0.467. The first kappa shape index (κ1) is 22.4. The van der Waals surface area contributed by atoms with Crippen molar-refractivity contribution in [3.63, 3.8) is 0 Å². The average Bonchev–Trinajstić information content (AvgIpc) is 2.61. The van der Waals surface area contributed by atoms with Gasteiger partial charge in [0.2, 0.25) is 0 Å². The van der Waals surface area contributed by atoms with E-state index < -0.39 is 47.0 Å². The molecule has 0 bridgehead atoms. The molecular formula is C17H11F8NO3. The summed E-state index contributed by atoms with van der Waals surface area (Å²) in [6, 6.07) is 2.31. The number of ether oxygens (including phenoxy) is 2. The van der Waals surface area contributed by atoms with Crippen molar-refractivity contribution in [3.8, 4) is 11.6 Å². The Bertz CT molecular complexity index is 864. The maximum Gasteiger partial charge on any atom is 0.435 e. The summed E-state index contributed by atoms with van der Waals surface area (Å²) < 4.78 is 114. The molecule has 0 atom stereocenters. The van der Waals surface area contributed by atoms with Crippen molar-refractivity contribution >= 4 is 5.97 Å². The third kappa shape index (κ3) is 4.40. The molecule has 0 aliphatic heterocycles. The van der Waals surface area contributed by atoms with Crippen LogP contribution in [0.3, 0.4) is 0 Å². The molecule has 2 aromatic rings. The Morgan fingerprint density at radius 2 is 1.55 bits per heavy atom. The summed E-state index contributed by atoms with van der Waals surface area (Å²) in [6.45, 7) is 1.55. The van der Waals surface area contributed by atoms with Crippen molar-refractivity contribution in [2.45, 2.75) is 24.9 Å². The van der Waals surface area contributed by atoms with E-state index in [1.54, 1.807) is 0 Å². The fourth-order valence-corrected chi connectivity index (χ4v) is 2.18. The van der Waals surface area contributed by atoms with Crippen LogP contribution in [-0.4, -0.2) is 29.9 Å². The third-order valence-corrected chi connectivity index (χ3v) is 3.57. The lowest BCUT2D eigenvalue weighted by Crippen LogP contribution is -2.50. The molecule has 0 aliphatic carbocycles. The lowest BCUT2D eigenvalue weighted by Gasteiger charge is -2.30. The fourth-order valence-electron chi connectivity index (χ4n) is 2.18. The highest BCUT2D eigenvalue weighted by atomic mass is 19.4. The van der Waals surface area contributed by atoms with Gasteiger partial charge in [-0.3, -0.25) is 0 Å². The van der Waals surface area contributed by atoms with Crippen LogP contribution in [0.4, 0.5) is 35.1 Å². The van der Waals surface area contributed by atoms with Gasteiger partial charge in [-0.25, -0.2) is 18.6 Å². The van der Waals surface area contributed by atoms with E-state index in [0.29, 0.717) is 18.2 Å². The molecule has 0 fully saturated rings. The smallest absolute Gasteiger partial charge is 0.435 e. The first-order valence-electron chi connectivity index (χ1n) is 7.74. The number of nitrogens with zero attached hydrogens (tertiary/aromatic N) is 1. The molecule has 0 unspecified atom stereocenters. The summed E-state index contributed by atoms with van der Waals surface area (Å²) >= 11 is 0. The number of hydrogen-bond acceptors (Lipinski definition) is 4. The molecule has 4 nitrogen and oxygen atoms in total. The molecule has 0 spiro atoms. The average molecular weight is 429 g/mol. The van der Waals surface area contributed by atoms with E-state index >= 15 is 0 Å². The largest absolute Gasteiger partial charge is 0.462 e. The molecule has 158 valence electrons. The molecule has 1 aromatic carbocycles. The molecule has 1 aromatic heterocycles. The zero-order valence-corrected chi connectivity index (χ0v) is 14.4. The van der Waals surface area contributed by atoms with Gasteiger partial charge in [0, 0.05) is 11.8 Å². The highest BCUT2D eigenvalue weighted by Crippen LogP contribution is 2.53. The Kier molecular flexibility index (Phi) is 6.04. The summed E-state index contributed by atoms with van der Waals surface area (Å²) in [7, 11) is 0. The van der Waals surface area contributed by atoms with Gasteiger partial charge in [-0.05, 0) is 25.1 Å². The molecule has 0 saturated heterocycles. The molecule has 0 radical (unpaired) electrons. The normalized spacial score (nSPS) is 12.6. The third-order valence-electron chi connectivity index (χ3n) is 3.57. The van der Waals surface area contributed by atoms with E-state index in [4.69, 9.17) is 4.74 Å². The second kappa shape index (κ2) is 7.84. The summed E-state index contributed by atoms with van der Waals surface area (Å²) in [4.78, 5) is 15.0. The van der Waals surface area contributed by atoms with E-state index in [1.807, 2.05) is 0 Å². The van der Waals surface area contributed by atoms with Gasteiger partial charge in [0.05, 0.1) is 12.2 Å². The van der Waals surface area contributed by atoms with E-state index in [-0.39, 0.29) is 24.3 Å². The molecule has 0 aliphatic rings. The second-order valence-corrected chi connectivity index (χ2v) is 5.51. The van der Waals surface area contributed by atoms with Gasteiger partial charge in [0.25, 0.3) is 5.88 Å². The fraction of sp³-hybridized carbons (Fsp3) is 0.294. The summed E-state index contributed by atoms with van der Waals surface area (Å²) in [5.74, 6) is -3.15. The summed E-state index contributed by atoms with van der Waals surface area (Å²) in [6.07, 6.45) is -11.6. The van der Waals surface area contributed by atoms with Crippen LogP contribution >= 0.6 is 0 Å².